The summed E-state index contributed by atoms with van der Waals surface area (Å²) in [6.45, 7) is 4.07. The Balaban J connectivity index is 1.90. The second kappa shape index (κ2) is 6.39. The second-order valence-corrected chi connectivity index (χ2v) is 3.99. The molecule has 1 atom stereocenters. The number of nitrogens with one attached hydrogen (secondary N) is 1. The fourth-order valence-corrected chi connectivity index (χ4v) is 1.67. The van der Waals surface area contributed by atoms with Gasteiger partial charge in [0.1, 0.15) is 0 Å². The molecule has 0 amide bonds. The molecule has 1 aliphatic carbocycles. The molecule has 0 radical (unpaired) electrons. The summed E-state index contributed by atoms with van der Waals surface area (Å²) in [4.78, 5) is 0. The average Bonchev–Trinajstić information content (AvgIpc) is 2.95. The van der Waals surface area contributed by atoms with Gasteiger partial charge in [0, 0.05) is 19.3 Å². The van der Waals surface area contributed by atoms with E-state index in [1.807, 2.05) is 0 Å². The molecule has 0 saturated heterocycles. The smallest absolute Gasteiger partial charge is 0.0480 e. The predicted octanol–water partition coefficient (Wildman–Crippen LogP) is 2.19. The largest absolute Gasteiger partial charge is 0.381 e. The van der Waals surface area contributed by atoms with Gasteiger partial charge in [-0.1, -0.05) is 13.3 Å². The van der Waals surface area contributed by atoms with Crippen molar-refractivity contribution in [3.8, 4) is 0 Å². The highest BCUT2D eigenvalue weighted by Gasteiger charge is 2.29. The molecular weight excluding hydrogens is 162 g/mol. The van der Waals surface area contributed by atoms with Crippen LogP contribution in [0.2, 0.25) is 0 Å². The molecule has 1 unspecified atom stereocenters. The lowest BCUT2D eigenvalue weighted by Gasteiger charge is -2.14. The van der Waals surface area contributed by atoms with Gasteiger partial charge in [-0.3, -0.25) is 0 Å². The van der Waals surface area contributed by atoms with Gasteiger partial charge in [-0.2, -0.15) is 0 Å². The molecule has 1 fully saturated rings. The van der Waals surface area contributed by atoms with Crippen molar-refractivity contribution in [1.82, 2.24) is 5.32 Å². The third kappa shape index (κ3) is 4.63. The van der Waals surface area contributed by atoms with E-state index in [-0.39, 0.29) is 0 Å². The maximum absolute atomic E-state index is 5.54. The van der Waals surface area contributed by atoms with E-state index >= 15 is 0 Å². The van der Waals surface area contributed by atoms with Crippen LogP contribution in [0.3, 0.4) is 0 Å². The molecular formula is C11H23NO. The Hall–Kier alpha value is -0.0800. The van der Waals surface area contributed by atoms with Gasteiger partial charge >= 0.3 is 0 Å². The van der Waals surface area contributed by atoms with Gasteiger partial charge in [-0.05, 0) is 38.6 Å². The standard InChI is InChI=1S/C11H23NO/c1-3-4-8-13-9-7-11(12-2)10-5-6-10/h10-12H,3-9H2,1-2H3. The Morgan fingerprint density at radius 3 is 2.69 bits per heavy atom. The van der Waals surface area contributed by atoms with Crippen LogP contribution in [0.5, 0.6) is 0 Å². The van der Waals surface area contributed by atoms with Gasteiger partial charge < -0.3 is 10.1 Å². The summed E-state index contributed by atoms with van der Waals surface area (Å²) >= 11 is 0. The zero-order valence-electron chi connectivity index (χ0n) is 9.01. The maximum atomic E-state index is 5.54. The van der Waals surface area contributed by atoms with Gasteiger partial charge in [0.05, 0.1) is 0 Å². The van der Waals surface area contributed by atoms with Gasteiger partial charge in [0.2, 0.25) is 0 Å². The summed E-state index contributed by atoms with van der Waals surface area (Å²) in [7, 11) is 2.06. The topological polar surface area (TPSA) is 21.3 Å². The average molecular weight is 185 g/mol. The van der Waals surface area contributed by atoms with Crippen molar-refractivity contribution < 1.29 is 4.74 Å². The third-order valence-electron chi connectivity index (χ3n) is 2.78. The highest BCUT2D eigenvalue weighted by molar-refractivity contribution is 4.85. The van der Waals surface area contributed by atoms with E-state index in [1.54, 1.807) is 0 Å². The Morgan fingerprint density at radius 1 is 1.38 bits per heavy atom. The molecule has 0 spiro atoms. The molecule has 1 N–H and O–H groups in total. The minimum absolute atomic E-state index is 0.710. The SMILES string of the molecule is CCCCOCCC(NC)C1CC1. The molecule has 0 aromatic carbocycles. The summed E-state index contributed by atoms with van der Waals surface area (Å²) in [5.41, 5.74) is 0. The van der Waals surface area contributed by atoms with E-state index in [9.17, 15) is 0 Å². The van der Waals surface area contributed by atoms with Gasteiger partial charge in [0.15, 0.2) is 0 Å². The summed E-state index contributed by atoms with van der Waals surface area (Å²) in [6, 6.07) is 0.710. The minimum Gasteiger partial charge on any atom is -0.381 e. The van der Waals surface area contributed by atoms with E-state index in [1.165, 1.54) is 32.1 Å². The summed E-state index contributed by atoms with van der Waals surface area (Å²) in [5, 5.41) is 3.37. The first kappa shape index (κ1) is 11.0. The summed E-state index contributed by atoms with van der Waals surface area (Å²) in [5.74, 6) is 0.944. The zero-order valence-corrected chi connectivity index (χ0v) is 9.01. The first-order chi connectivity index (χ1) is 6.38. The Labute approximate surface area is 82.0 Å². The Kier molecular flexibility index (Phi) is 5.40. The zero-order chi connectivity index (χ0) is 9.52. The van der Waals surface area contributed by atoms with Crippen LogP contribution in [0.25, 0.3) is 0 Å². The van der Waals surface area contributed by atoms with E-state index in [2.05, 4.69) is 19.3 Å². The molecule has 0 heterocycles. The summed E-state index contributed by atoms with van der Waals surface area (Å²) < 4.78 is 5.54. The van der Waals surface area contributed by atoms with Crippen LogP contribution < -0.4 is 5.32 Å². The van der Waals surface area contributed by atoms with Crippen molar-refractivity contribution in [3.63, 3.8) is 0 Å². The molecule has 1 aliphatic rings. The van der Waals surface area contributed by atoms with Crippen molar-refractivity contribution in [1.29, 1.82) is 0 Å². The number of hydrogen-bond donors (Lipinski definition) is 1. The van der Waals surface area contributed by atoms with Crippen LogP contribution in [-0.2, 0) is 4.74 Å². The van der Waals surface area contributed by atoms with Crippen LogP contribution in [0, 0.1) is 5.92 Å². The van der Waals surface area contributed by atoms with Crippen molar-refractivity contribution in [2.24, 2.45) is 5.92 Å². The van der Waals surface area contributed by atoms with Crippen molar-refractivity contribution >= 4 is 0 Å². The Bertz CT molecular complexity index is 123. The molecule has 0 aliphatic heterocycles. The van der Waals surface area contributed by atoms with Gasteiger partial charge in [-0.15, -0.1) is 0 Å². The first-order valence-corrected chi connectivity index (χ1v) is 5.63. The van der Waals surface area contributed by atoms with E-state index in [0.717, 1.165) is 19.1 Å². The lowest BCUT2D eigenvalue weighted by Crippen LogP contribution is -2.28. The molecule has 78 valence electrons. The quantitative estimate of drug-likeness (QED) is 0.585. The monoisotopic (exact) mass is 185 g/mol. The molecule has 1 saturated carbocycles. The molecule has 0 aromatic heterocycles. The van der Waals surface area contributed by atoms with Crippen molar-refractivity contribution in [3.05, 3.63) is 0 Å². The highest BCUT2D eigenvalue weighted by atomic mass is 16.5. The van der Waals surface area contributed by atoms with E-state index in [4.69, 9.17) is 4.74 Å². The number of hydrogen-bond acceptors (Lipinski definition) is 2. The maximum Gasteiger partial charge on any atom is 0.0480 e. The van der Waals surface area contributed by atoms with Gasteiger partial charge in [-0.25, -0.2) is 0 Å². The molecule has 0 bridgehead atoms. The highest BCUT2D eigenvalue weighted by Crippen LogP contribution is 2.33. The summed E-state index contributed by atoms with van der Waals surface area (Å²) in [6.07, 6.45) is 6.46. The predicted molar refractivity (Wildman–Crippen MR) is 55.9 cm³/mol. The van der Waals surface area contributed by atoms with Crippen LogP contribution in [-0.4, -0.2) is 26.3 Å². The molecule has 2 nitrogen and oxygen atoms in total. The first-order valence-electron chi connectivity index (χ1n) is 5.63. The molecule has 2 heteroatoms. The lowest BCUT2D eigenvalue weighted by atomic mass is 10.1. The Morgan fingerprint density at radius 2 is 2.15 bits per heavy atom. The van der Waals surface area contributed by atoms with Crippen LogP contribution in [0.4, 0.5) is 0 Å². The van der Waals surface area contributed by atoms with Crippen LogP contribution >= 0.6 is 0 Å². The number of ether oxygens (including phenoxy) is 1. The van der Waals surface area contributed by atoms with Gasteiger partial charge in [0.25, 0.3) is 0 Å². The fraction of sp³-hybridized carbons (Fsp3) is 1.00. The molecule has 13 heavy (non-hydrogen) atoms. The second-order valence-electron chi connectivity index (χ2n) is 3.99. The van der Waals surface area contributed by atoms with Crippen LogP contribution in [0.15, 0.2) is 0 Å². The normalized spacial score (nSPS) is 18.9. The van der Waals surface area contributed by atoms with E-state index in [0.29, 0.717) is 6.04 Å². The number of rotatable bonds is 8. The minimum atomic E-state index is 0.710. The lowest BCUT2D eigenvalue weighted by molar-refractivity contribution is 0.120. The number of unbranched alkanes of at least 4 members (excludes halogenated alkanes) is 1. The van der Waals surface area contributed by atoms with Crippen LogP contribution in [0.1, 0.15) is 39.0 Å². The van der Waals surface area contributed by atoms with E-state index < -0.39 is 0 Å². The third-order valence-corrected chi connectivity index (χ3v) is 2.78. The molecule has 0 aromatic rings. The fourth-order valence-electron chi connectivity index (χ4n) is 1.67. The molecule has 1 rings (SSSR count). The van der Waals surface area contributed by atoms with Crippen molar-refractivity contribution in [2.75, 3.05) is 20.3 Å². The van der Waals surface area contributed by atoms with Crippen molar-refractivity contribution in [2.45, 2.75) is 45.1 Å².